The molecule has 0 fully saturated rings. The topological polar surface area (TPSA) is 78.1 Å². The van der Waals surface area contributed by atoms with Crippen LogP contribution in [0.5, 0.6) is 0 Å². The van der Waals surface area contributed by atoms with Gasteiger partial charge in [-0.3, -0.25) is 9.40 Å². The first-order valence-electron chi connectivity index (χ1n) is 6.31. The van der Waals surface area contributed by atoms with E-state index in [-0.39, 0.29) is 5.03 Å². The van der Waals surface area contributed by atoms with Crippen molar-refractivity contribution in [1.82, 2.24) is 15.5 Å². The molecule has 114 valence electrons. The summed E-state index contributed by atoms with van der Waals surface area (Å²) in [6.07, 6.45) is 0. The summed E-state index contributed by atoms with van der Waals surface area (Å²) < 4.78 is 39.3. The third-order valence-corrected chi connectivity index (χ3v) is 4.94. The van der Waals surface area contributed by atoms with Gasteiger partial charge in [0.15, 0.2) is 0 Å². The number of nitrogens with one attached hydrogen (secondary N) is 2. The molecule has 0 atom stereocenters. The van der Waals surface area contributed by atoms with Gasteiger partial charge in [-0.05, 0) is 38.2 Å². The van der Waals surface area contributed by atoms with Crippen molar-refractivity contribution in [3.63, 3.8) is 0 Å². The molecule has 1 aromatic carbocycles. The predicted molar refractivity (Wildman–Crippen MR) is 78.1 cm³/mol. The molecule has 0 amide bonds. The Bertz CT molecular complexity index is 725. The van der Waals surface area contributed by atoms with Crippen LogP contribution in [0.25, 0.3) is 0 Å². The zero-order chi connectivity index (χ0) is 15.6. The molecule has 2 N–H and O–H groups in total. The molecule has 0 saturated carbocycles. The maximum Gasteiger partial charge on any atom is 0.283 e. The van der Waals surface area contributed by atoms with Gasteiger partial charge in [0, 0.05) is 24.8 Å². The van der Waals surface area contributed by atoms with E-state index in [0.717, 1.165) is 4.31 Å². The number of hydrogen-bond acceptors (Lipinski definition) is 4. The highest BCUT2D eigenvalue weighted by atomic mass is 32.2. The second-order valence-corrected chi connectivity index (χ2v) is 6.50. The lowest BCUT2D eigenvalue weighted by atomic mass is 10.3. The Labute approximate surface area is 123 Å². The van der Waals surface area contributed by atoms with E-state index in [0.29, 0.717) is 23.5 Å². The Morgan fingerprint density at radius 1 is 1.33 bits per heavy atom. The first-order chi connectivity index (χ1) is 9.87. The van der Waals surface area contributed by atoms with E-state index >= 15 is 0 Å². The van der Waals surface area contributed by atoms with Gasteiger partial charge in [-0.1, -0.05) is 0 Å². The Kier molecular flexibility index (Phi) is 4.29. The molecule has 0 unspecified atom stereocenters. The van der Waals surface area contributed by atoms with Crippen molar-refractivity contribution < 1.29 is 12.8 Å². The summed E-state index contributed by atoms with van der Waals surface area (Å²) in [5, 5.41) is 9.48. The summed E-state index contributed by atoms with van der Waals surface area (Å²) in [7, 11) is -0.667. The minimum absolute atomic E-state index is 0.0267. The van der Waals surface area contributed by atoms with Crippen LogP contribution in [0.3, 0.4) is 0 Å². The molecule has 0 aliphatic carbocycles. The average molecular weight is 312 g/mol. The molecule has 0 saturated heterocycles. The van der Waals surface area contributed by atoms with Crippen molar-refractivity contribution in [2.24, 2.45) is 0 Å². The quantitative estimate of drug-likeness (QED) is 0.875. The minimum atomic E-state index is -3.81. The number of sulfonamides is 1. The first kappa shape index (κ1) is 15.5. The molecule has 1 aromatic heterocycles. The molecule has 0 aliphatic rings. The third kappa shape index (κ3) is 2.91. The molecule has 1 heterocycles. The highest BCUT2D eigenvalue weighted by Gasteiger charge is 2.28. The number of benzene rings is 1. The molecule has 2 aromatic rings. The number of aromatic amines is 1. The van der Waals surface area contributed by atoms with Crippen LogP contribution in [0, 0.1) is 12.7 Å². The van der Waals surface area contributed by atoms with Gasteiger partial charge in [0.25, 0.3) is 10.0 Å². The van der Waals surface area contributed by atoms with E-state index in [1.54, 1.807) is 14.0 Å². The Morgan fingerprint density at radius 2 is 1.95 bits per heavy atom. The zero-order valence-electron chi connectivity index (χ0n) is 12.0. The predicted octanol–water partition coefficient (Wildman–Crippen LogP) is 1.40. The van der Waals surface area contributed by atoms with Crippen molar-refractivity contribution in [2.45, 2.75) is 18.5 Å². The van der Waals surface area contributed by atoms with Crippen molar-refractivity contribution in [3.05, 3.63) is 41.3 Å². The number of aromatic nitrogens is 2. The van der Waals surface area contributed by atoms with E-state index in [9.17, 15) is 12.8 Å². The number of H-pyrrole nitrogens is 1. The van der Waals surface area contributed by atoms with Crippen LogP contribution in [-0.2, 0) is 16.6 Å². The molecule has 21 heavy (non-hydrogen) atoms. The van der Waals surface area contributed by atoms with Crippen molar-refractivity contribution in [1.29, 1.82) is 0 Å². The molecule has 2 rings (SSSR count). The highest BCUT2D eigenvalue weighted by Crippen LogP contribution is 2.24. The second-order valence-electron chi connectivity index (χ2n) is 4.61. The number of halogens is 1. The monoisotopic (exact) mass is 312 g/mol. The maximum atomic E-state index is 12.9. The number of rotatable bonds is 5. The van der Waals surface area contributed by atoms with Crippen LogP contribution in [0.15, 0.2) is 29.3 Å². The first-order valence-corrected chi connectivity index (χ1v) is 7.75. The van der Waals surface area contributed by atoms with Crippen molar-refractivity contribution >= 4 is 15.7 Å². The van der Waals surface area contributed by atoms with Crippen molar-refractivity contribution in [2.75, 3.05) is 18.4 Å². The van der Waals surface area contributed by atoms with E-state index in [4.69, 9.17) is 0 Å². The van der Waals surface area contributed by atoms with Gasteiger partial charge < -0.3 is 5.32 Å². The normalized spacial score (nSPS) is 11.6. The fraction of sp³-hybridized carbons (Fsp3) is 0.308. The van der Waals surface area contributed by atoms with Crippen LogP contribution < -0.4 is 9.62 Å². The SMILES string of the molecule is CNCc1c(S(=O)(=O)N(C)c2ccc(F)cc2)n[nH]c1C. The largest absolute Gasteiger partial charge is 0.316 e. The van der Waals surface area contributed by atoms with Crippen LogP contribution in [0.2, 0.25) is 0 Å². The Morgan fingerprint density at radius 3 is 2.52 bits per heavy atom. The van der Waals surface area contributed by atoms with Crippen molar-refractivity contribution in [3.8, 4) is 0 Å². The molecule has 0 bridgehead atoms. The van der Waals surface area contributed by atoms with E-state index < -0.39 is 15.8 Å². The molecular weight excluding hydrogens is 295 g/mol. The Balaban J connectivity index is 2.44. The molecular formula is C13H17FN4O2S. The molecule has 8 heteroatoms. The number of anilines is 1. The van der Waals surface area contributed by atoms with E-state index in [1.807, 2.05) is 0 Å². The van der Waals surface area contributed by atoms with Gasteiger partial charge in [0.1, 0.15) is 5.82 Å². The maximum absolute atomic E-state index is 12.9. The summed E-state index contributed by atoms with van der Waals surface area (Å²) in [4.78, 5) is 0. The minimum Gasteiger partial charge on any atom is -0.316 e. The standard InChI is InChI=1S/C13H17FN4O2S/c1-9-12(8-15-2)13(17-16-9)21(19,20)18(3)11-6-4-10(14)5-7-11/h4-7,15H,8H2,1-3H3,(H,16,17). The summed E-state index contributed by atoms with van der Waals surface area (Å²) >= 11 is 0. The highest BCUT2D eigenvalue weighted by molar-refractivity contribution is 7.92. The summed E-state index contributed by atoms with van der Waals surface area (Å²) in [6, 6.07) is 5.24. The average Bonchev–Trinajstić information content (AvgIpc) is 2.81. The van der Waals surface area contributed by atoms with Gasteiger partial charge in [-0.2, -0.15) is 13.5 Å². The second kappa shape index (κ2) is 5.82. The lowest BCUT2D eigenvalue weighted by Gasteiger charge is -2.18. The van der Waals surface area contributed by atoms with E-state index in [2.05, 4.69) is 15.5 Å². The Hall–Kier alpha value is -1.93. The smallest absolute Gasteiger partial charge is 0.283 e. The van der Waals surface area contributed by atoms with Crippen LogP contribution in [0.4, 0.5) is 10.1 Å². The lowest BCUT2D eigenvalue weighted by molar-refractivity contribution is 0.587. The van der Waals surface area contributed by atoms with E-state index in [1.165, 1.54) is 31.3 Å². The van der Waals surface area contributed by atoms with Crippen LogP contribution >= 0.6 is 0 Å². The number of hydrogen-bond donors (Lipinski definition) is 2. The lowest BCUT2D eigenvalue weighted by Crippen LogP contribution is -2.28. The number of aryl methyl sites for hydroxylation is 1. The molecule has 0 aliphatic heterocycles. The van der Waals surface area contributed by atoms with Gasteiger partial charge in [-0.15, -0.1) is 0 Å². The summed E-state index contributed by atoms with van der Waals surface area (Å²) in [5.41, 5.74) is 1.65. The van der Waals surface area contributed by atoms with Gasteiger partial charge in [0.05, 0.1) is 5.69 Å². The third-order valence-electron chi connectivity index (χ3n) is 3.18. The molecule has 0 spiro atoms. The summed E-state index contributed by atoms with van der Waals surface area (Å²) in [6.45, 7) is 2.14. The fourth-order valence-electron chi connectivity index (χ4n) is 1.95. The zero-order valence-corrected chi connectivity index (χ0v) is 12.8. The van der Waals surface area contributed by atoms with Gasteiger partial charge in [0.2, 0.25) is 5.03 Å². The van der Waals surface area contributed by atoms with Gasteiger partial charge >= 0.3 is 0 Å². The molecule has 0 radical (unpaired) electrons. The van der Waals surface area contributed by atoms with Crippen LogP contribution in [0.1, 0.15) is 11.3 Å². The fourth-order valence-corrected chi connectivity index (χ4v) is 3.30. The molecule has 6 nitrogen and oxygen atoms in total. The van der Waals surface area contributed by atoms with Gasteiger partial charge in [-0.25, -0.2) is 4.39 Å². The number of nitrogens with zero attached hydrogens (tertiary/aromatic N) is 2. The summed E-state index contributed by atoms with van der Waals surface area (Å²) in [5.74, 6) is -0.420. The van der Waals surface area contributed by atoms with Crippen LogP contribution in [-0.4, -0.2) is 32.7 Å².